The number of carbonyl (C=O) groups excluding carboxylic acids is 3. The number of esters is 1. The van der Waals surface area contributed by atoms with E-state index in [1.165, 1.54) is 7.11 Å². The number of likely N-dealkylation sites (tertiary alicyclic amines) is 1. The molecule has 2 amide bonds. The number of aryl methyl sites for hydroxylation is 1. The monoisotopic (exact) mass is 444 g/mol. The molecule has 166 valence electrons. The molecule has 0 unspecified atom stereocenters. The zero-order chi connectivity index (χ0) is 22.2. The van der Waals surface area contributed by atoms with E-state index < -0.39 is 5.97 Å². The summed E-state index contributed by atoms with van der Waals surface area (Å²) in [5.74, 6) is -0.720. The van der Waals surface area contributed by atoms with Gasteiger partial charge in [0.2, 0.25) is 11.8 Å². The topological polar surface area (TPSA) is 101 Å². The highest BCUT2D eigenvalue weighted by Crippen LogP contribution is 2.21. The third kappa shape index (κ3) is 7.15. The number of methoxy groups -OCH3 is 1. The van der Waals surface area contributed by atoms with Crippen molar-refractivity contribution in [3.05, 3.63) is 45.9 Å². The van der Waals surface area contributed by atoms with E-state index in [4.69, 9.17) is 0 Å². The largest absolute Gasteiger partial charge is 0.468 e. The van der Waals surface area contributed by atoms with Crippen LogP contribution in [-0.4, -0.2) is 54.4 Å². The van der Waals surface area contributed by atoms with E-state index >= 15 is 0 Å². The van der Waals surface area contributed by atoms with Crippen molar-refractivity contribution >= 4 is 34.8 Å². The molecule has 1 aliphatic heterocycles. The number of aromatic nitrogens is 1. The summed E-state index contributed by atoms with van der Waals surface area (Å²) in [6, 6.07) is 7.18. The first-order valence-electron chi connectivity index (χ1n) is 10.3. The van der Waals surface area contributed by atoms with Gasteiger partial charge in [-0.15, -0.1) is 11.3 Å². The van der Waals surface area contributed by atoms with E-state index in [-0.39, 0.29) is 30.7 Å². The molecule has 2 aromatic rings. The van der Waals surface area contributed by atoms with Crippen LogP contribution in [0.2, 0.25) is 0 Å². The van der Waals surface area contributed by atoms with Gasteiger partial charge in [-0.3, -0.25) is 19.3 Å². The Balaban J connectivity index is 1.41. The number of carbonyl (C=O) groups is 3. The molecule has 1 aromatic carbocycles. The van der Waals surface area contributed by atoms with Crippen molar-refractivity contribution in [3.63, 3.8) is 0 Å². The quantitative estimate of drug-likeness (QED) is 0.605. The maximum Gasteiger partial charge on any atom is 0.325 e. The van der Waals surface area contributed by atoms with Crippen LogP contribution in [0.25, 0.3) is 0 Å². The van der Waals surface area contributed by atoms with E-state index in [9.17, 15) is 14.4 Å². The van der Waals surface area contributed by atoms with Crippen LogP contribution in [0.4, 0.5) is 5.69 Å². The molecular formula is C22H28N4O4S. The number of ether oxygens (including phenoxy) is 1. The second kappa shape index (κ2) is 11.0. The van der Waals surface area contributed by atoms with E-state index in [1.807, 2.05) is 6.92 Å². The Labute approximate surface area is 186 Å². The molecule has 8 nitrogen and oxygen atoms in total. The summed E-state index contributed by atoms with van der Waals surface area (Å²) in [5, 5.41) is 8.66. The molecule has 1 fully saturated rings. The smallest absolute Gasteiger partial charge is 0.325 e. The lowest BCUT2D eigenvalue weighted by Gasteiger charge is -2.30. The van der Waals surface area contributed by atoms with Gasteiger partial charge >= 0.3 is 5.97 Å². The van der Waals surface area contributed by atoms with Crippen LogP contribution in [0.15, 0.2) is 29.6 Å². The Kier molecular flexibility index (Phi) is 8.13. The van der Waals surface area contributed by atoms with Crippen LogP contribution in [0.3, 0.4) is 0 Å². The zero-order valence-corrected chi connectivity index (χ0v) is 18.7. The second-order valence-electron chi connectivity index (χ2n) is 7.62. The summed E-state index contributed by atoms with van der Waals surface area (Å²) >= 11 is 1.67. The molecule has 2 heterocycles. The number of piperidine rings is 1. The van der Waals surface area contributed by atoms with Crippen LogP contribution in [0, 0.1) is 12.8 Å². The number of rotatable bonds is 8. The average molecular weight is 445 g/mol. The lowest BCUT2D eigenvalue weighted by Crippen LogP contribution is -2.37. The molecule has 0 aliphatic carbocycles. The highest BCUT2D eigenvalue weighted by molar-refractivity contribution is 7.09. The van der Waals surface area contributed by atoms with Crippen molar-refractivity contribution in [2.24, 2.45) is 5.92 Å². The van der Waals surface area contributed by atoms with Crippen LogP contribution in [0.1, 0.15) is 29.1 Å². The highest BCUT2D eigenvalue weighted by Gasteiger charge is 2.25. The van der Waals surface area contributed by atoms with Crippen molar-refractivity contribution in [1.29, 1.82) is 0 Å². The minimum atomic E-state index is -0.490. The minimum Gasteiger partial charge on any atom is -0.468 e. The van der Waals surface area contributed by atoms with Gasteiger partial charge in [0.1, 0.15) is 6.54 Å². The Morgan fingerprint density at radius 1 is 1.19 bits per heavy atom. The van der Waals surface area contributed by atoms with Crippen molar-refractivity contribution in [3.8, 4) is 0 Å². The normalized spacial score (nSPS) is 14.8. The summed E-state index contributed by atoms with van der Waals surface area (Å²) in [4.78, 5) is 42.4. The molecule has 1 saturated heterocycles. The Morgan fingerprint density at radius 3 is 2.52 bits per heavy atom. The first kappa shape index (κ1) is 22.9. The fraction of sp³-hybridized carbons (Fsp3) is 0.455. The summed E-state index contributed by atoms with van der Waals surface area (Å²) < 4.78 is 4.49. The van der Waals surface area contributed by atoms with Crippen LogP contribution in [0.5, 0.6) is 0 Å². The zero-order valence-electron chi connectivity index (χ0n) is 17.8. The van der Waals surface area contributed by atoms with Crippen LogP contribution in [-0.2, 0) is 32.1 Å². The van der Waals surface area contributed by atoms with Crippen molar-refractivity contribution in [2.45, 2.75) is 32.7 Å². The number of anilines is 1. The first-order valence-corrected chi connectivity index (χ1v) is 11.2. The molecule has 0 bridgehead atoms. The predicted molar refractivity (Wildman–Crippen MR) is 119 cm³/mol. The van der Waals surface area contributed by atoms with Gasteiger partial charge in [0.05, 0.1) is 24.2 Å². The Bertz CT molecular complexity index is 904. The van der Waals surface area contributed by atoms with E-state index in [1.54, 1.807) is 35.6 Å². The van der Waals surface area contributed by atoms with Gasteiger partial charge < -0.3 is 15.4 Å². The molecule has 1 aromatic heterocycles. The summed E-state index contributed by atoms with van der Waals surface area (Å²) in [5.41, 5.74) is 2.61. The molecule has 9 heteroatoms. The van der Waals surface area contributed by atoms with E-state index in [2.05, 4.69) is 30.6 Å². The van der Waals surface area contributed by atoms with Gasteiger partial charge in [0, 0.05) is 23.5 Å². The van der Waals surface area contributed by atoms with E-state index in [0.717, 1.165) is 48.7 Å². The molecule has 0 saturated carbocycles. The lowest BCUT2D eigenvalue weighted by atomic mass is 9.95. The summed E-state index contributed by atoms with van der Waals surface area (Å²) in [6.45, 7) is 4.47. The number of thiazole rings is 1. The molecular weight excluding hydrogens is 416 g/mol. The maximum absolute atomic E-state index is 12.6. The van der Waals surface area contributed by atoms with Gasteiger partial charge in [0.25, 0.3) is 0 Å². The molecule has 0 radical (unpaired) electrons. The van der Waals surface area contributed by atoms with Gasteiger partial charge in [0.15, 0.2) is 0 Å². The standard InChI is InChI=1S/C22H28N4O4S/c1-15-24-19(14-31-15)13-26-9-7-17(8-10-26)22(29)25-18-5-3-16(4-6-18)11-20(27)23-12-21(28)30-2/h3-6,14,17H,7-13H2,1-2H3,(H,23,27)(H,25,29). The van der Waals surface area contributed by atoms with Gasteiger partial charge in [-0.25, -0.2) is 4.98 Å². The van der Waals surface area contributed by atoms with Crippen molar-refractivity contribution in [2.75, 3.05) is 32.1 Å². The fourth-order valence-electron chi connectivity index (χ4n) is 3.50. The molecule has 0 atom stereocenters. The molecule has 1 aliphatic rings. The van der Waals surface area contributed by atoms with Gasteiger partial charge in [-0.05, 0) is 50.6 Å². The number of nitrogens with zero attached hydrogens (tertiary/aromatic N) is 2. The third-order valence-electron chi connectivity index (χ3n) is 5.25. The van der Waals surface area contributed by atoms with Crippen molar-refractivity contribution in [1.82, 2.24) is 15.2 Å². The van der Waals surface area contributed by atoms with Gasteiger partial charge in [-0.1, -0.05) is 12.1 Å². The lowest BCUT2D eigenvalue weighted by molar-refractivity contribution is -0.141. The second-order valence-corrected chi connectivity index (χ2v) is 8.69. The number of hydrogen-bond acceptors (Lipinski definition) is 7. The average Bonchev–Trinajstić information content (AvgIpc) is 3.18. The Hall–Kier alpha value is -2.78. The summed E-state index contributed by atoms with van der Waals surface area (Å²) in [6.07, 6.45) is 1.81. The SMILES string of the molecule is COC(=O)CNC(=O)Cc1ccc(NC(=O)C2CCN(Cc3csc(C)n3)CC2)cc1. The van der Waals surface area contributed by atoms with Crippen LogP contribution >= 0.6 is 11.3 Å². The molecule has 2 N–H and O–H groups in total. The fourth-order valence-corrected chi connectivity index (χ4v) is 4.11. The number of nitrogens with one attached hydrogen (secondary N) is 2. The molecule has 0 spiro atoms. The summed E-state index contributed by atoms with van der Waals surface area (Å²) in [7, 11) is 1.27. The molecule has 31 heavy (non-hydrogen) atoms. The maximum atomic E-state index is 12.6. The predicted octanol–water partition coefficient (Wildman–Crippen LogP) is 2.13. The van der Waals surface area contributed by atoms with Crippen molar-refractivity contribution < 1.29 is 19.1 Å². The first-order chi connectivity index (χ1) is 14.9. The highest BCUT2D eigenvalue weighted by atomic mass is 32.1. The molecule has 3 rings (SSSR count). The third-order valence-corrected chi connectivity index (χ3v) is 6.08. The van der Waals surface area contributed by atoms with E-state index in [0.29, 0.717) is 5.69 Å². The number of amides is 2. The minimum absolute atomic E-state index is 0.00260. The van der Waals surface area contributed by atoms with Crippen LogP contribution < -0.4 is 10.6 Å². The van der Waals surface area contributed by atoms with Gasteiger partial charge in [-0.2, -0.15) is 0 Å². The number of benzene rings is 1. The number of hydrogen-bond donors (Lipinski definition) is 2. The Morgan fingerprint density at radius 2 is 1.90 bits per heavy atom.